The maximum atomic E-state index is 11.0. The van der Waals surface area contributed by atoms with Crippen molar-refractivity contribution < 1.29 is 4.92 Å². The summed E-state index contributed by atoms with van der Waals surface area (Å²) in [4.78, 5) is 10.6. The Hall–Kier alpha value is -2.10. The van der Waals surface area contributed by atoms with Gasteiger partial charge in [0.2, 0.25) is 0 Å². The second-order valence-electron chi connectivity index (χ2n) is 3.72. The SMILES string of the molecule is Cc1ccc([N+](=O)[O-])c(-n2cccc2)c1C. The van der Waals surface area contributed by atoms with E-state index in [2.05, 4.69) is 0 Å². The topological polar surface area (TPSA) is 48.1 Å². The van der Waals surface area contributed by atoms with Crippen LogP contribution in [0.2, 0.25) is 0 Å². The van der Waals surface area contributed by atoms with Crippen molar-refractivity contribution in [2.75, 3.05) is 0 Å². The molecule has 4 nitrogen and oxygen atoms in total. The Labute approximate surface area is 93.3 Å². The Morgan fingerprint density at radius 1 is 1.19 bits per heavy atom. The van der Waals surface area contributed by atoms with Crippen molar-refractivity contribution >= 4 is 5.69 Å². The highest BCUT2D eigenvalue weighted by Crippen LogP contribution is 2.28. The molecule has 1 heterocycles. The molecule has 0 bridgehead atoms. The van der Waals surface area contributed by atoms with Crippen LogP contribution in [-0.4, -0.2) is 9.49 Å². The van der Waals surface area contributed by atoms with Crippen LogP contribution in [0, 0.1) is 24.0 Å². The fourth-order valence-electron chi connectivity index (χ4n) is 1.74. The molecule has 1 aromatic carbocycles. The molecule has 16 heavy (non-hydrogen) atoms. The van der Waals surface area contributed by atoms with E-state index in [1.54, 1.807) is 16.7 Å². The van der Waals surface area contributed by atoms with Gasteiger partial charge < -0.3 is 4.57 Å². The molecule has 0 N–H and O–H groups in total. The summed E-state index contributed by atoms with van der Waals surface area (Å²) in [5, 5.41) is 11.0. The number of benzene rings is 1. The second-order valence-corrected chi connectivity index (χ2v) is 3.72. The van der Waals surface area contributed by atoms with Gasteiger partial charge in [-0.3, -0.25) is 10.1 Å². The predicted molar refractivity (Wildman–Crippen MR) is 61.9 cm³/mol. The molecule has 0 aliphatic heterocycles. The Morgan fingerprint density at radius 2 is 1.81 bits per heavy atom. The van der Waals surface area contributed by atoms with Gasteiger partial charge in [-0.1, -0.05) is 6.07 Å². The minimum Gasteiger partial charge on any atom is -0.318 e. The zero-order valence-corrected chi connectivity index (χ0v) is 9.18. The van der Waals surface area contributed by atoms with Crippen LogP contribution >= 0.6 is 0 Å². The maximum Gasteiger partial charge on any atom is 0.293 e. The summed E-state index contributed by atoms with van der Waals surface area (Å²) < 4.78 is 1.78. The lowest BCUT2D eigenvalue weighted by Gasteiger charge is -2.10. The lowest BCUT2D eigenvalue weighted by atomic mass is 10.1. The Bertz CT molecular complexity index is 530. The zero-order valence-electron chi connectivity index (χ0n) is 9.18. The highest BCUT2D eigenvalue weighted by atomic mass is 16.6. The van der Waals surface area contributed by atoms with Crippen molar-refractivity contribution in [3.8, 4) is 5.69 Å². The summed E-state index contributed by atoms with van der Waals surface area (Å²) in [5.74, 6) is 0. The van der Waals surface area contributed by atoms with Crippen molar-refractivity contribution in [2.24, 2.45) is 0 Å². The van der Waals surface area contributed by atoms with Gasteiger partial charge in [-0.25, -0.2) is 0 Å². The summed E-state index contributed by atoms with van der Waals surface area (Å²) >= 11 is 0. The van der Waals surface area contributed by atoms with Gasteiger partial charge in [-0.05, 0) is 37.1 Å². The van der Waals surface area contributed by atoms with E-state index >= 15 is 0 Å². The van der Waals surface area contributed by atoms with Crippen molar-refractivity contribution in [1.82, 2.24) is 4.57 Å². The molecule has 0 aliphatic rings. The van der Waals surface area contributed by atoms with Crippen LogP contribution < -0.4 is 0 Å². The third-order valence-corrected chi connectivity index (χ3v) is 2.74. The number of aromatic nitrogens is 1. The van der Waals surface area contributed by atoms with E-state index in [1.807, 2.05) is 38.4 Å². The molecule has 1 aromatic heterocycles. The number of nitro benzene ring substituents is 1. The Balaban J connectivity index is 2.74. The monoisotopic (exact) mass is 216 g/mol. The molecule has 2 aromatic rings. The van der Waals surface area contributed by atoms with Gasteiger partial charge in [0.1, 0.15) is 5.69 Å². The molecule has 0 atom stereocenters. The first-order valence-corrected chi connectivity index (χ1v) is 4.99. The normalized spacial score (nSPS) is 10.4. The first-order valence-electron chi connectivity index (χ1n) is 4.99. The van der Waals surface area contributed by atoms with Gasteiger partial charge in [-0.2, -0.15) is 0 Å². The van der Waals surface area contributed by atoms with E-state index in [4.69, 9.17) is 0 Å². The summed E-state index contributed by atoms with van der Waals surface area (Å²) in [6.07, 6.45) is 3.63. The first-order chi connectivity index (χ1) is 7.61. The van der Waals surface area contributed by atoms with Crippen LogP contribution in [0.15, 0.2) is 36.7 Å². The summed E-state index contributed by atoms with van der Waals surface area (Å²) in [6, 6.07) is 7.04. The quantitative estimate of drug-likeness (QED) is 0.572. The van der Waals surface area contributed by atoms with Crippen LogP contribution in [0.1, 0.15) is 11.1 Å². The highest BCUT2D eigenvalue weighted by molar-refractivity contribution is 5.59. The molecule has 0 aliphatic carbocycles. The minimum atomic E-state index is -0.345. The molecular formula is C12H12N2O2. The minimum absolute atomic E-state index is 0.138. The number of rotatable bonds is 2. The molecule has 0 amide bonds. The van der Waals surface area contributed by atoms with Crippen LogP contribution in [0.4, 0.5) is 5.69 Å². The van der Waals surface area contributed by atoms with Crippen LogP contribution in [0.3, 0.4) is 0 Å². The van der Waals surface area contributed by atoms with E-state index < -0.39 is 0 Å². The van der Waals surface area contributed by atoms with Crippen LogP contribution in [0.25, 0.3) is 5.69 Å². The second kappa shape index (κ2) is 3.81. The standard InChI is InChI=1S/C12H12N2O2/c1-9-5-6-11(14(15)16)12(10(9)2)13-7-3-4-8-13/h3-8H,1-2H3. The fourth-order valence-corrected chi connectivity index (χ4v) is 1.74. The summed E-state index contributed by atoms with van der Waals surface area (Å²) in [6.45, 7) is 3.85. The van der Waals surface area contributed by atoms with Gasteiger partial charge in [0.05, 0.1) is 4.92 Å². The maximum absolute atomic E-state index is 11.0. The van der Waals surface area contributed by atoms with Crippen molar-refractivity contribution in [3.05, 3.63) is 57.9 Å². The van der Waals surface area contributed by atoms with Crippen molar-refractivity contribution in [3.63, 3.8) is 0 Å². The number of hydrogen-bond acceptors (Lipinski definition) is 2. The molecule has 0 saturated carbocycles. The van der Waals surface area contributed by atoms with Gasteiger partial charge in [0.15, 0.2) is 0 Å². The van der Waals surface area contributed by atoms with E-state index in [9.17, 15) is 10.1 Å². The van der Waals surface area contributed by atoms with Gasteiger partial charge in [0.25, 0.3) is 5.69 Å². The highest BCUT2D eigenvalue weighted by Gasteiger charge is 2.17. The lowest BCUT2D eigenvalue weighted by Crippen LogP contribution is -2.02. The van der Waals surface area contributed by atoms with E-state index in [0.717, 1.165) is 11.1 Å². The molecular weight excluding hydrogens is 204 g/mol. The number of aryl methyl sites for hydroxylation is 1. The average Bonchev–Trinajstić information content (AvgIpc) is 2.74. The van der Waals surface area contributed by atoms with Crippen molar-refractivity contribution in [2.45, 2.75) is 13.8 Å². The average molecular weight is 216 g/mol. The lowest BCUT2D eigenvalue weighted by molar-refractivity contribution is -0.384. The number of hydrogen-bond donors (Lipinski definition) is 0. The third-order valence-electron chi connectivity index (χ3n) is 2.74. The largest absolute Gasteiger partial charge is 0.318 e. The van der Waals surface area contributed by atoms with Gasteiger partial charge >= 0.3 is 0 Å². The molecule has 4 heteroatoms. The van der Waals surface area contributed by atoms with E-state index in [1.165, 1.54) is 0 Å². The molecule has 0 unspecified atom stereocenters. The first kappa shape index (κ1) is 10.4. The smallest absolute Gasteiger partial charge is 0.293 e. The third kappa shape index (κ3) is 1.58. The zero-order chi connectivity index (χ0) is 11.7. The van der Waals surface area contributed by atoms with Gasteiger partial charge in [-0.15, -0.1) is 0 Å². The molecule has 0 radical (unpaired) electrons. The molecule has 2 rings (SSSR count). The Kier molecular flexibility index (Phi) is 2.48. The summed E-state index contributed by atoms with van der Waals surface area (Å²) in [5.41, 5.74) is 2.77. The molecule has 0 spiro atoms. The summed E-state index contributed by atoms with van der Waals surface area (Å²) in [7, 11) is 0. The van der Waals surface area contributed by atoms with Crippen molar-refractivity contribution in [1.29, 1.82) is 0 Å². The molecule has 0 saturated heterocycles. The molecule has 0 fully saturated rings. The Morgan fingerprint density at radius 3 is 2.38 bits per heavy atom. The number of nitro groups is 1. The number of nitrogens with zero attached hydrogens (tertiary/aromatic N) is 2. The molecule has 82 valence electrons. The van der Waals surface area contributed by atoms with Crippen LogP contribution in [0.5, 0.6) is 0 Å². The fraction of sp³-hybridized carbons (Fsp3) is 0.167. The van der Waals surface area contributed by atoms with E-state index in [-0.39, 0.29) is 10.6 Å². The van der Waals surface area contributed by atoms with Crippen LogP contribution in [-0.2, 0) is 0 Å². The predicted octanol–water partition coefficient (Wildman–Crippen LogP) is 3.00. The van der Waals surface area contributed by atoms with Gasteiger partial charge in [0, 0.05) is 18.5 Å². The van der Waals surface area contributed by atoms with E-state index in [0.29, 0.717) is 5.69 Å².